The Bertz CT molecular complexity index is 417. The third-order valence-electron chi connectivity index (χ3n) is 2.66. The van der Waals surface area contributed by atoms with Gasteiger partial charge in [0, 0.05) is 13.1 Å². The van der Waals surface area contributed by atoms with Gasteiger partial charge in [-0.25, -0.2) is 4.98 Å². The summed E-state index contributed by atoms with van der Waals surface area (Å²) in [6, 6.07) is 1.63. The Morgan fingerprint density at radius 2 is 1.88 bits per heavy atom. The fraction of sp³-hybridized carbons (Fsp3) is 0.545. The third-order valence-corrected chi connectivity index (χ3v) is 3.24. The minimum absolute atomic E-state index is 0.147. The van der Waals surface area contributed by atoms with Crippen molar-refractivity contribution in [2.45, 2.75) is 26.1 Å². The summed E-state index contributed by atoms with van der Waals surface area (Å²) in [5.41, 5.74) is 5.71. The van der Waals surface area contributed by atoms with Crippen molar-refractivity contribution in [1.82, 2.24) is 4.98 Å². The molecule has 0 bridgehead atoms. The lowest BCUT2D eigenvalue weighted by atomic mass is 10.2. The van der Waals surface area contributed by atoms with Crippen LogP contribution in [0.3, 0.4) is 0 Å². The van der Waals surface area contributed by atoms with Crippen molar-refractivity contribution in [2.24, 2.45) is 0 Å². The van der Waals surface area contributed by atoms with Crippen LogP contribution < -0.4 is 10.6 Å². The van der Waals surface area contributed by atoms with Crippen LogP contribution in [0.1, 0.15) is 13.8 Å². The molecule has 0 saturated carbocycles. The van der Waals surface area contributed by atoms with Crippen molar-refractivity contribution in [3.8, 4) is 0 Å². The van der Waals surface area contributed by atoms with Crippen molar-refractivity contribution in [1.29, 1.82) is 0 Å². The van der Waals surface area contributed by atoms with Crippen LogP contribution in [0.2, 0.25) is 10.0 Å². The largest absolute Gasteiger partial charge is 0.382 e. The first-order valence-corrected chi connectivity index (χ1v) is 6.25. The van der Waals surface area contributed by atoms with Gasteiger partial charge in [0.15, 0.2) is 0 Å². The van der Waals surface area contributed by atoms with Gasteiger partial charge in [-0.1, -0.05) is 23.2 Å². The van der Waals surface area contributed by atoms with Gasteiger partial charge in [0.1, 0.15) is 11.6 Å². The number of hydrogen-bond donors (Lipinski definition) is 1. The third kappa shape index (κ3) is 2.76. The molecule has 1 aromatic heterocycles. The molecule has 2 heterocycles. The number of hydrogen-bond acceptors (Lipinski definition) is 4. The van der Waals surface area contributed by atoms with E-state index in [-0.39, 0.29) is 12.2 Å². The summed E-state index contributed by atoms with van der Waals surface area (Å²) in [6.07, 6.45) is 0.294. The van der Waals surface area contributed by atoms with Gasteiger partial charge in [-0.3, -0.25) is 0 Å². The standard InChI is InChI=1S/C11H15Cl2N3O/c1-6-4-16(5-7(2)17-6)11-9(13)3-8(12)10(14)15-11/h3,6-7H,4-5H2,1-2H3,(H2,14,15)/t6-,7+. The highest BCUT2D eigenvalue weighted by Crippen LogP contribution is 2.31. The SMILES string of the molecule is C[C@@H]1CN(c2nc(N)c(Cl)cc2Cl)C[C@H](C)O1. The first-order chi connectivity index (χ1) is 7.97. The number of morpholine rings is 1. The average Bonchev–Trinajstić information content (AvgIpc) is 2.22. The Morgan fingerprint density at radius 1 is 1.29 bits per heavy atom. The zero-order valence-corrected chi connectivity index (χ0v) is 11.3. The molecule has 1 aromatic rings. The van der Waals surface area contributed by atoms with E-state index < -0.39 is 0 Å². The summed E-state index contributed by atoms with van der Waals surface area (Å²) in [5.74, 6) is 0.980. The van der Waals surface area contributed by atoms with E-state index in [2.05, 4.69) is 9.88 Å². The van der Waals surface area contributed by atoms with Crippen LogP contribution in [-0.4, -0.2) is 30.3 Å². The number of nitrogen functional groups attached to an aromatic ring is 1. The van der Waals surface area contributed by atoms with Crippen LogP contribution in [0.15, 0.2) is 6.07 Å². The predicted molar refractivity (Wildman–Crippen MR) is 70.9 cm³/mol. The monoisotopic (exact) mass is 275 g/mol. The van der Waals surface area contributed by atoms with Gasteiger partial charge in [-0.15, -0.1) is 0 Å². The molecule has 2 rings (SSSR count). The number of anilines is 2. The Balaban J connectivity index is 2.30. The summed E-state index contributed by atoms with van der Waals surface area (Å²) in [7, 11) is 0. The molecular formula is C11H15Cl2N3O. The van der Waals surface area contributed by atoms with Gasteiger partial charge >= 0.3 is 0 Å². The quantitative estimate of drug-likeness (QED) is 0.856. The average molecular weight is 276 g/mol. The van der Waals surface area contributed by atoms with E-state index in [1.807, 2.05) is 13.8 Å². The second kappa shape index (κ2) is 4.88. The zero-order chi connectivity index (χ0) is 12.6. The molecule has 0 amide bonds. The van der Waals surface area contributed by atoms with Crippen LogP contribution in [0.25, 0.3) is 0 Å². The van der Waals surface area contributed by atoms with Crippen LogP contribution >= 0.6 is 23.2 Å². The molecule has 4 nitrogen and oxygen atoms in total. The van der Waals surface area contributed by atoms with Crippen molar-refractivity contribution < 1.29 is 4.74 Å². The Morgan fingerprint density at radius 3 is 2.47 bits per heavy atom. The predicted octanol–water partition coefficient (Wildman–Crippen LogP) is 2.58. The highest BCUT2D eigenvalue weighted by atomic mass is 35.5. The molecular weight excluding hydrogens is 261 g/mol. The highest BCUT2D eigenvalue weighted by Gasteiger charge is 2.25. The van der Waals surface area contributed by atoms with Crippen molar-refractivity contribution in [2.75, 3.05) is 23.7 Å². The number of ether oxygens (including phenoxy) is 1. The van der Waals surface area contributed by atoms with E-state index in [0.717, 1.165) is 13.1 Å². The topological polar surface area (TPSA) is 51.4 Å². The summed E-state index contributed by atoms with van der Waals surface area (Å²) >= 11 is 12.0. The number of halogens is 2. The van der Waals surface area contributed by atoms with E-state index in [9.17, 15) is 0 Å². The lowest BCUT2D eigenvalue weighted by Crippen LogP contribution is -2.46. The van der Waals surface area contributed by atoms with E-state index >= 15 is 0 Å². The lowest BCUT2D eigenvalue weighted by Gasteiger charge is -2.36. The molecule has 1 aliphatic rings. The van der Waals surface area contributed by atoms with Gasteiger partial charge in [-0.05, 0) is 19.9 Å². The molecule has 0 unspecified atom stereocenters. The van der Waals surface area contributed by atoms with E-state index in [1.54, 1.807) is 6.07 Å². The zero-order valence-electron chi connectivity index (χ0n) is 9.78. The van der Waals surface area contributed by atoms with Crippen LogP contribution in [0, 0.1) is 0 Å². The molecule has 1 fully saturated rings. The fourth-order valence-corrected chi connectivity index (χ4v) is 2.52. The second-order valence-electron chi connectivity index (χ2n) is 4.32. The molecule has 2 atom stereocenters. The molecule has 94 valence electrons. The molecule has 0 aromatic carbocycles. The smallest absolute Gasteiger partial charge is 0.150 e. The normalized spacial score (nSPS) is 25.1. The molecule has 0 radical (unpaired) electrons. The maximum absolute atomic E-state index is 6.15. The molecule has 0 spiro atoms. The van der Waals surface area contributed by atoms with Crippen LogP contribution in [0.4, 0.5) is 11.6 Å². The van der Waals surface area contributed by atoms with Crippen molar-refractivity contribution in [3.05, 3.63) is 16.1 Å². The minimum Gasteiger partial charge on any atom is -0.382 e. The van der Waals surface area contributed by atoms with Gasteiger partial charge in [0.05, 0.1) is 22.3 Å². The number of nitrogens with two attached hydrogens (primary N) is 1. The highest BCUT2D eigenvalue weighted by molar-refractivity contribution is 6.37. The maximum Gasteiger partial charge on any atom is 0.150 e. The minimum atomic E-state index is 0.147. The summed E-state index contributed by atoms with van der Waals surface area (Å²) in [6.45, 7) is 5.54. The Hall–Kier alpha value is -0.710. The first-order valence-electron chi connectivity index (χ1n) is 5.49. The number of pyridine rings is 1. The molecule has 6 heteroatoms. The molecule has 0 aliphatic carbocycles. The lowest BCUT2D eigenvalue weighted by molar-refractivity contribution is -0.00544. The van der Waals surface area contributed by atoms with E-state index in [4.69, 9.17) is 33.7 Å². The Kier molecular flexibility index (Phi) is 3.66. The first kappa shape index (κ1) is 12.7. The van der Waals surface area contributed by atoms with Gasteiger partial charge in [0.25, 0.3) is 0 Å². The van der Waals surface area contributed by atoms with Crippen LogP contribution in [0.5, 0.6) is 0 Å². The summed E-state index contributed by atoms with van der Waals surface area (Å²) in [4.78, 5) is 6.33. The van der Waals surface area contributed by atoms with E-state index in [1.165, 1.54) is 0 Å². The molecule has 1 aliphatic heterocycles. The Labute approximate surface area is 111 Å². The summed E-state index contributed by atoms with van der Waals surface area (Å²) < 4.78 is 5.66. The van der Waals surface area contributed by atoms with Gasteiger partial charge < -0.3 is 15.4 Å². The fourth-order valence-electron chi connectivity index (χ4n) is 2.04. The van der Waals surface area contributed by atoms with Crippen molar-refractivity contribution in [3.63, 3.8) is 0 Å². The maximum atomic E-state index is 6.15. The molecule has 1 saturated heterocycles. The summed E-state index contributed by atoms with van der Waals surface area (Å²) in [5, 5.41) is 0.901. The van der Waals surface area contributed by atoms with E-state index in [0.29, 0.717) is 21.7 Å². The molecule has 2 N–H and O–H groups in total. The number of nitrogens with zero attached hydrogens (tertiary/aromatic N) is 2. The van der Waals surface area contributed by atoms with Gasteiger partial charge in [-0.2, -0.15) is 0 Å². The van der Waals surface area contributed by atoms with Crippen molar-refractivity contribution >= 4 is 34.8 Å². The second-order valence-corrected chi connectivity index (χ2v) is 5.14. The number of rotatable bonds is 1. The number of aromatic nitrogens is 1. The van der Waals surface area contributed by atoms with Crippen LogP contribution in [-0.2, 0) is 4.74 Å². The van der Waals surface area contributed by atoms with Gasteiger partial charge in [0.2, 0.25) is 0 Å². The molecule has 17 heavy (non-hydrogen) atoms.